The summed E-state index contributed by atoms with van der Waals surface area (Å²) >= 11 is 0. The van der Waals surface area contributed by atoms with Gasteiger partial charge >= 0.3 is 18.1 Å². The van der Waals surface area contributed by atoms with E-state index in [1.54, 1.807) is 13.8 Å². The summed E-state index contributed by atoms with van der Waals surface area (Å²) in [6.45, 7) is 3.27. The number of halogens is 2. The maximum absolute atomic E-state index is 17.8. The molecule has 0 bridgehead atoms. The van der Waals surface area contributed by atoms with Crippen LogP contribution in [-0.4, -0.2) is 122 Å². The van der Waals surface area contributed by atoms with E-state index in [0.717, 1.165) is 12.2 Å². The van der Waals surface area contributed by atoms with Gasteiger partial charge in [-0.25, -0.2) is 13.6 Å². The molecular formula is C40H53F2N3O16. The van der Waals surface area contributed by atoms with Gasteiger partial charge in [-0.3, -0.25) is 49.7 Å². The van der Waals surface area contributed by atoms with Crippen molar-refractivity contribution < 1.29 is 87.3 Å². The number of unbranched alkanes of at least 4 members (excludes halogenated alkanes) is 1. The molecule has 10 atom stereocenters. The second-order valence-electron chi connectivity index (χ2n) is 16.4. The van der Waals surface area contributed by atoms with Crippen molar-refractivity contribution >= 4 is 29.7 Å². The first-order valence-electron chi connectivity index (χ1n) is 19.9. The molecule has 0 radical (unpaired) electrons. The van der Waals surface area contributed by atoms with Gasteiger partial charge in [-0.2, -0.15) is 0 Å². The summed E-state index contributed by atoms with van der Waals surface area (Å²) in [5, 5.41) is 45.6. The van der Waals surface area contributed by atoms with Crippen molar-refractivity contribution in [3.8, 4) is 5.75 Å². The molecule has 0 heterocycles. The van der Waals surface area contributed by atoms with Crippen LogP contribution in [0.25, 0.3) is 0 Å². The van der Waals surface area contributed by atoms with Crippen LogP contribution in [0, 0.1) is 28.6 Å². The Morgan fingerprint density at radius 2 is 1.57 bits per heavy atom. The summed E-state index contributed by atoms with van der Waals surface area (Å²) in [7, 11) is 0. The molecule has 1 aromatic carbocycles. The number of fused-ring (bicyclic) bond motifs is 5. The summed E-state index contributed by atoms with van der Waals surface area (Å²) in [6, 6.07) is 4.81. The lowest BCUT2D eigenvalue weighted by Crippen LogP contribution is -2.71. The van der Waals surface area contributed by atoms with Gasteiger partial charge in [-0.1, -0.05) is 32.1 Å². The lowest BCUT2D eigenvalue weighted by atomic mass is 9.44. The lowest BCUT2D eigenvalue weighted by molar-refractivity contribution is -0.492. The number of rotatable bonds is 19. The number of Topliss-reactive ketones (excluding diaryl/α,β-unsaturated/α-hetero) is 1. The molecule has 4 aliphatic carbocycles. The Morgan fingerprint density at radius 3 is 2.23 bits per heavy atom. The molecule has 3 fully saturated rings. The molecule has 7 N–H and O–H groups in total. The molecule has 0 saturated heterocycles. The van der Waals surface area contributed by atoms with E-state index in [1.165, 1.54) is 37.3 Å². The average molecular weight is 870 g/mol. The summed E-state index contributed by atoms with van der Waals surface area (Å²) in [4.78, 5) is 74.4. The third kappa shape index (κ3) is 9.70. The second kappa shape index (κ2) is 19.4. The molecule has 1 aromatic rings. The van der Waals surface area contributed by atoms with Crippen LogP contribution in [0.1, 0.15) is 71.3 Å². The summed E-state index contributed by atoms with van der Waals surface area (Å²) in [5.41, 5.74) is -1.42. The number of nitrogens with zero attached hydrogens (tertiary/aromatic N) is 2. The fourth-order valence-corrected chi connectivity index (χ4v) is 10.0. The maximum atomic E-state index is 17.8. The van der Waals surface area contributed by atoms with Gasteiger partial charge in [-0.15, -0.1) is 0 Å². The Bertz CT molecular complexity index is 1850. The normalized spacial score (nSPS) is 32.0. The molecule has 338 valence electrons. The summed E-state index contributed by atoms with van der Waals surface area (Å²) in [6.07, 6.45) is -1.92. The fourth-order valence-electron chi connectivity index (χ4n) is 10.0. The number of aliphatic hydroxyl groups is 1. The third-order valence-electron chi connectivity index (χ3n) is 12.8. The quantitative estimate of drug-likeness (QED) is 0.0381. The van der Waals surface area contributed by atoms with E-state index in [1.807, 2.05) is 0 Å². The van der Waals surface area contributed by atoms with Gasteiger partial charge in [0.25, 0.3) is 0 Å². The largest absolute Gasteiger partial charge is 0.514 e. The number of ketones is 2. The number of carbonyl (C=O) groups is 5. The molecule has 61 heavy (non-hydrogen) atoms. The number of alkyl halides is 2. The molecule has 3 saturated carbocycles. The van der Waals surface area contributed by atoms with Crippen LogP contribution in [0.4, 0.5) is 13.6 Å². The van der Waals surface area contributed by atoms with Crippen molar-refractivity contribution in [3.63, 3.8) is 0 Å². The first kappa shape index (κ1) is 47.8. The van der Waals surface area contributed by atoms with Crippen LogP contribution in [0.5, 0.6) is 5.75 Å². The molecule has 0 aliphatic heterocycles. The van der Waals surface area contributed by atoms with Gasteiger partial charge in [0.2, 0.25) is 5.78 Å². The number of hydrogen-bond donors (Lipinski definition) is 6. The zero-order valence-electron chi connectivity index (χ0n) is 33.9. The SMILES string of the molecule is C[C@@H]1CC2C3C[C@H](F)C4=CC(=O)C=C[C@]4(C)[C@@]3(F)[C@@H](O)C[C@]2(C)[C@@]1(OC(=O)CCCON(O)O)C(=O)COC(=O)Oc1ccc(C[C@H](N)C(=O)OCCCCON(O)O)cc1. The van der Waals surface area contributed by atoms with Crippen molar-refractivity contribution in [1.82, 2.24) is 10.8 Å². The van der Waals surface area contributed by atoms with E-state index in [2.05, 4.69) is 9.68 Å². The molecule has 4 aliphatic rings. The van der Waals surface area contributed by atoms with Crippen LogP contribution < -0.4 is 10.5 Å². The van der Waals surface area contributed by atoms with Crippen LogP contribution in [0.3, 0.4) is 0 Å². The Hall–Kier alpha value is -4.29. The Balaban J connectivity index is 1.28. The Kier molecular flexibility index (Phi) is 15.2. The van der Waals surface area contributed by atoms with Gasteiger partial charge in [0.15, 0.2) is 23.7 Å². The topological polar surface area (TPSA) is 274 Å². The predicted molar refractivity (Wildman–Crippen MR) is 199 cm³/mol. The first-order chi connectivity index (χ1) is 28.7. The minimum absolute atomic E-state index is 0.00836. The van der Waals surface area contributed by atoms with E-state index >= 15 is 8.78 Å². The molecule has 0 spiro atoms. The monoisotopic (exact) mass is 869 g/mol. The number of nitrogens with two attached hydrogens (primary N) is 1. The average Bonchev–Trinajstić information content (AvgIpc) is 3.41. The molecule has 0 amide bonds. The summed E-state index contributed by atoms with van der Waals surface area (Å²) < 4.78 is 55.6. The maximum Gasteiger partial charge on any atom is 0.514 e. The van der Waals surface area contributed by atoms with E-state index in [0.29, 0.717) is 18.4 Å². The minimum atomic E-state index is -2.49. The molecule has 19 nitrogen and oxygen atoms in total. The number of aliphatic hydroxyl groups excluding tert-OH is 1. The second-order valence-corrected chi connectivity index (χ2v) is 16.4. The van der Waals surface area contributed by atoms with Crippen molar-refractivity contribution in [3.05, 3.63) is 53.6 Å². The van der Waals surface area contributed by atoms with Gasteiger partial charge < -0.3 is 29.8 Å². The van der Waals surface area contributed by atoms with Crippen molar-refractivity contribution in [2.45, 2.75) is 102 Å². The highest BCUT2D eigenvalue weighted by molar-refractivity contribution is 6.01. The van der Waals surface area contributed by atoms with Crippen molar-refractivity contribution in [2.75, 3.05) is 26.4 Å². The van der Waals surface area contributed by atoms with Gasteiger partial charge in [0.1, 0.15) is 18.0 Å². The molecular weight excluding hydrogens is 816 g/mol. The van der Waals surface area contributed by atoms with E-state index < -0.39 is 118 Å². The molecule has 2 unspecified atom stereocenters. The lowest BCUT2D eigenvalue weighted by Gasteiger charge is -2.63. The van der Waals surface area contributed by atoms with Crippen molar-refractivity contribution in [1.29, 1.82) is 0 Å². The fraction of sp³-hybridized carbons (Fsp3) is 0.625. The number of carbonyl (C=O) groups excluding carboxylic acids is 5. The van der Waals surface area contributed by atoms with E-state index in [9.17, 15) is 29.1 Å². The highest BCUT2D eigenvalue weighted by atomic mass is 19.1. The van der Waals surface area contributed by atoms with Crippen LogP contribution >= 0.6 is 0 Å². The number of ether oxygens (including phenoxy) is 4. The van der Waals surface area contributed by atoms with E-state index in [-0.39, 0.29) is 56.8 Å². The minimum Gasteiger partial charge on any atom is -0.465 e. The number of allylic oxidation sites excluding steroid dienone is 4. The van der Waals surface area contributed by atoms with Crippen molar-refractivity contribution in [2.24, 2.45) is 34.3 Å². The van der Waals surface area contributed by atoms with Crippen LogP contribution in [-0.2, 0) is 49.5 Å². The number of esters is 2. The van der Waals surface area contributed by atoms with Gasteiger partial charge in [0.05, 0.1) is 36.7 Å². The summed E-state index contributed by atoms with van der Waals surface area (Å²) in [5.74, 6) is -5.98. The molecule has 0 aromatic heterocycles. The standard InChI is InChI=1S/C40H53F2N3O16/c1-23-17-27-28-20-30(41)29-19-25(46)12-13-37(29,2)39(28,42)32(47)21-38(27,3)40(23,61-34(49)7-6-16-59-45(54)55)33(48)22-57-36(51)60-26-10-8-24(9-11-26)18-31(43)35(50)56-14-4-5-15-58-44(52)53/h8-13,19,23,27-28,30-32,47,52-55H,4-7,14-18,20-22,43H2,1-3H3/t23-,27?,28?,30+,31+,32+,37+,38+,39+,40+/m1/s1. The zero-order valence-corrected chi connectivity index (χ0v) is 33.9. The number of hydrogen-bond acceptors (Lipinski definition) is 19. The molecule has 21 heteroatoms. The predicted octanol–water partition coefficient (Wildman–Crippen LogP) is 3.62. The Morgan fingerprint density at radius 1 is 0.934 bits per heavy atom. The highest BCUT2D eigenvalue weighted by Gasteiger charge is 2.78. The third-order valence-corrected chi connectivity index (χ3v) is 12.8. The Labute approximate surface area is 349 Å². The van der Waals surface area contributed by atoms with Gasteiger partial charge in [-0.05, 0) is 93.2 Å². The zero-order chi connectivity index (χ0) is 44.9. The first-order valence-corrected chi connectivity index (χ1v) is 19.9. The number of benzene rings is 1. The highest BCUT2D eigenvalue weighted by Crippen LogP contribution is 2.71. The van der Waals surface area contributed by atoms with E-state index in [4.69, 9.17) is 45.5 Å². The van der Waals surface area contributed by atoms with Crippen LogP contribution in [0.15, 0.2) is 48.1 Å². The van der Waals surface area contributed by atoms with Crippen LogP contribution in [0.2, 0.25) is 0 Å². The molecule has 5 rings (SSSR count). The van der Waals surface area contributed by atoms with Gasteiger partial charge in [0, 0.05) is 29.1 Å². The smallest absolute Gasteiger partial charge is 0.465 e.